The normalized spacial score (nSPS) is 13.1. The Bertz CT molecular complexity index is 155. The van der Waals surface area contributed by atoms with E-state index in [0.717, 1.165) is 0 Å². The summed E-state index contributed by atoms with van der Waals surface area (Å²) in [5.74, 6) is 0. The van der Waals surface area contributed by atoms with Crippen LogP contribution >= 0.6 is 12.2 Å². The van der Waals surface area contributed by atoms with Gasteiger partial charge in [-0.15, -0.1) is 0 Å². The molecule has 5 heteroatoms. The smallest absolute Gasteiger partial charge is 0.189 e. The van der Waals surface area contributed by atoms with Crippen LogP contribution in [-0.2, 0) is 0 Å². The lowest BCUT2D eigenvalue weighted by Gasteiger charge is -2.12. The van der Waals surface area contributed by atoms with E-state index < -0.39 is 0 Å². The highest BCUT2D eigenvalue weighted by atomic mass is 32.1. The molecule has 11 heavy (non-hydrogen) atoms. The molecular weight excluding hydrogens is 160 g/mol. The van der Waals surface area contributed by atoms with Crippen LogP contribution in [0, 0.1) is 0 Å². The minimum atomic E-state index is -0.0443. The van der Waals surface area contributed by atoms with Gasteiger partial charge in [-0.2, -0.15) is 5.10 Å². The number of hydrogen-bond acceptors (Lipinski definition) is 3. The van der Waals surface area contributed by atoms with Gasteiger partial charge in [-0.05, 0) is 19.1 Å². The summed E-state index contributed by atoms with van der Waals surface area (Å²) >= 11 is 4.89. The molecule has 0 aromatic carbocycles. The van der Waals surface area contributed by atoms with Crippen molar-refractivity contribution in [2.45, 2.75) is 13.0 Å². The van der Waals surface area contributed by atoms with E-state index in [1.54, 1.807) is 25.3 Å². The number of nitrogens with two attached hydrogens (primary N) is 1. The Morgan fingerprint density at radius 2 is 2.36 bits per heavy atom. The van der Waals surface area contributed by atoms with Gasteiger partial charge in [0.05, 0.1) is 0 Å². The van der Waals surface area contributed by atoms with E-state index in [0.29, 0.717) is 5.11 Å². The second-order valence-corrected chi connectivity index (χ2v) is 2.59. The van der Waals surface area contributed by atoms with Gasteiger partial charge >= 0.3 is 0 Å². The predicted octanol–water partition coefficient (Wildman–Crippen LogP) is -0.244. The van der Waals surface area contributed by atoms with Gasteiger partial charge in [0, 0.05) is 26.4 Å². The van der Waals surface area contributed by atoms with Crippen molar-refractivity contribution in [3.63, 3.8) is 0 Å². The molecule has 0 rings (SSSR count). The summed E-state index contributed by atoms with van der Waals surface area (Å²) in [7, 11) is 3.51. The fraction of sp³-hybridized carbons (Fsp3) is 0.667. The largest absolute Gasteiger partial charge is 0.364 e. The molecule has 64 valence electrons. The molecule has 3 N–H and O–H groups in total. The van der Waals surface area contributed by atoms with E-state index >= 15 is 0 Å². The molecule has 0 heterocycles. The Hall–Kier alpha value is -0.680. The van der Waals surface area contributed by atoms with Crippen LogP contribution in [0.3, 0.4) is 0 Å². The van der Waals surface area contributed by atoms with Gasteiger partial charge in [-0.3, -0.25) is 0 Å². The lowest BCUT2D eigenvalue weighted by Crippen LogP contribution is -2.31. The summed E-state index contributed by atoms with van der Waals surface area (Å²) in [4.78, 5) is 0. The monoisotopic (exact) mass is 174 g/mol. The third-order valence-electron chi connectivity index (χ3n) is 0.983. The SMILES string of the molecule is CNC(=S)N(C)/N=C/C(C)N. The highest BCUT2D eigenvalue weighted by molar-refractivity contribution is 7.80. The fourth-order valence-corrected chi connectivity index (χ4v) is 0.467. The second-order valence-electron chi connectivity index (χ2n) is 2.20. The number of nitrogens with zero attached hydrogens (tertiary/aromatic N) is 2. The van der Waals surface area contributed by atoms with Gasteiger partial charge in [0.15, 0.2) is 5.11 Å². The Kier molecular flexibility index (Phi) is 4.72. The van der Waals surface area contributed by atoms with E-state index in [2.05, 4.69) is 10.4 Å². The van der Waals surface area contributed by atoms with Crippen LogP contribution in [0.1, 0.15) is 6.92 Å². The molecule has 0 aliphatic carbocycles. The molecule has 0 amide bonds. The van der Waals surface area contributed by atoms with Crippen molar-refractivity contribution >= 4 is 23.5 Å². The minimum absolute atomic E-state index is 0.0443. The zero-order chi connectivity index (χ0) is 8.85. The number of hydrazone groups is 1. The molecule has 1 atom stereocenters. The highest BCUT2D eigenvalue weighted by Gasteiger charge is 1.96. The van der Waals surface area contributed by atoms with Gasteiger partial charge < -0.3 is 11.1 Å². The average molecular weight is 174 g/mol. The molecule has 0 bridgehead atoms. The first-order valence-corrected chi connectivity index (χ1v) is 3.74. The Labute approximate surface area is 72.4 Å². The van der Waals surface area contributed by atoms with Crippen molar-refractivity contribution in [1.29, 1.82) is 0 Å². The van der Waals surface area contributed by atoms with Gasteiger partial charge in [-0.1, -0.05) is 0 Å². The Morgan fingerprint density at radius 3 is 2.73 bits per heavy atom. The van der Waals surface area contributed by atoms with E-state index in [4.69, 9.17) is 18.0 Å². The lowest BCUT2D eigenvalue weighted by molar-refractivity contribution is 0.537. The summed E-state index contributed by atoms with van der Waals surface area (Å²) in [6, 6.07) is -0.0443. The lowest BCUT2D eigenvalue weighted by atomic mass is 10.4. The van der Waals surface area contributed by atoms with Crippen molar-refractivity contribution in [1.82, 2.24) is 10.3 Å². The van der Waals surface area contributed by atoms with E-state index in [9.17, 15) is 0 Å². The van der Waals surface area contributed by atoms with Crippen molar-refractivity contribution in [2.24, 2.45) is 10.8 Å². The van der Waals surface area contributed by atoms with Crippen molar-refractivity contribution in [3.05, 3.63) is 0 Å². The maximum atomic E-state index is 5.44. The van der Waals surface area contributed by atoms with Crippen molar-refractivity contribution < 1.29 is 0 Å². The van der Waals surface area contributed by atoms with Gasteiger partial charge in [0.25, 0.3) is 0 Å². The molecule has 1 unspecified atom stereocenters. The van der Waals surface area contributed by atoms with Crippen LogP contribution < -0.4 is 11.1 Å². The van der Waals surface area contributed by atoms with Gasteiger partial charge in [0.1, 0.15) is 0 Å². The quantitative estimate of drug-likeness (QED) is 0.344. The Morgan fingerprint density at radius 1 is 1.82 bits per heavy atom. The molecule has 4 nitrogen and oxygen atoms in total. The van der Waals surface area contributed by atoms with Crippen LogP contribution in [-0.4, -0.2) is 36.5 Å². The maximum absolute atomic E-state index is 5.44. The first-order valence-electron chi connectivity index (χ1n) is 3.33. The second kappa shape index (κ2) is 5.03. The van der Waals surface area contributed by atoms with Crippen LogP contribution in [0.2, 0.25) is 0 Å². The molecule has 0 spiro atoms. The van der Waals surface area contributed by atoms with Crippen molar-refractivity contribution in [2.75, 3.05) is 14.1 Å². The van der Waals surface area contributed by atoms with Gasteiger partial charge in [-0.25, -0.2) is 5.01 Å². The third kappa shape index (κ3) is 4.69. The molecule has 0 saturated carbocycles. The predicted molar refractivity (Wildman–Crippen MR) is 51.6 cm³/mol. The summed E-state index contributed by atoms with van der Waals surface area (Å²) in [6.45, 7) is 1.85. The zero-order valence-electron chi connectivity index (χ0n) is 7.03. The summed E-state index contributed by atoms with van der Waals surface area (Å²) in [5, 5.41) is 8.89. The number of thiocarbonyl (C=S) groups is 1. The average Bonchev–Trinajstić information content (AvgIpc) is 1.98. The molecule has 0 aliphatic heterocycles. The summed E-state index contributed by atoms with van der Waals surface area (Å²) < 4.78 is 0. The minimum Gasteiger partial charge on any atom is -0.364 e. The fourth-order valence-electron chi connectivity index (χ4n) is 0.419. The molecule has 0 radical (unpaired) electrons. The molecule has 0 saturated heterocycles. The van der Waals surface area contributed by atoms with Crippen LogP contribution in [0.25, 0.3) is 0 Å². The summed E-state index contributed by atoms with van der Waals surface area (Å²) in [5.41, 5.74) is 5.44. The van der Waals surface area contributed by atoms with E-state index in [1.807, 2.05) is 6.92 Å². The molecule has 0 aromatic heterocycles. The first-order chi connectivity index (χ1) is 5.07. The molecular formula is C6H14N4S. The zero-order valence-corrected chi connectivity index (χ0v) is 7.85. The maximum Gasteiger partial charge on any atom is 0.189 e. The highest BCUT2D eigenvalue weighted by Crippen LogP contribution is 1.83. The van der Waals surface area contributed by atoms with Gasteiger partial charge in [0.2, 0.25) is 0 Å². The van der Waals surface area contributed by atoms with Crippen LogP contribution in [0.15, 0.2) is 5.10 Å². The molecule has 0 fully saturated rings. The van der Waals surface area contributed by atoms with E-state index in [1.165, 1.54) is 0 Å². The molecule has 0 aromatic rings. The topological polar surface area (TPSA) is 53.6 Å². The van der Waals surface area contributed by atoms with Crippen molar-refractivity contribution in [3.8, 4) is 0 Å². The third-order valence-corrected chi connectivity index (χ3v) is 1.45. The number of rotatable bonds is 2. The van der Waals surface area contributed by atoms with E-state index in [-0.39, 0.29) is 6.04 Å². The van der Waals surface area contributed by atoms with Crippen LogP contribution in [0.5, 0.6) is 0 Å². The standard InChI is InChI=1S/C6H14N4S/c1-5(7)4-9-10(3)6(11)8-2/h4-5H,7H2,1-3H3,(H,8,11)/b9-4+. The first kappa shape index (κ1) is 10.3. The number of hydrogen-bond donors (Lipinski definition) is 2. The number of nitrogens with one attached hydrogen (secondary N) is 1. The summed E-state index contributed by atoms with van der Waals surface area (Å²) in [6.07, 6.45) is 1.63. The molecule has 0 aliphatic rings. The Balaban J connectivity index is 3.86. The van der Waals surface area contributed by atoms with Crippen LogP contribution in [0.4, 0.5) is 0 Å².